The van der Waals surface area contributed by atoms with Gasteiger partial charge in [0, 0.05) is 42.0 Å². The van der Waals surface area contributed by atoms with Gasteiger partial charge in [-0.2, -0.15) is 0 Å². The second kappa shape index (κ2) is 31.9. The molecule has 544 valence electrons. The van der Waals surface area contributed by atoms with Crippen LogP contribution in [0.4, 0.5) is 0 Å². The Morgan fingerprint density at radius 2 is 0.842 bits per heavy atom. The maximum Gasteiger partial charge on any atom is 0.330 e. The summed E-state index contributed by atoms with van der Waals surface area (Å²) in [6, 6.07) is 16.1. The maximum absolute atomic E-state index is 13.4. The van der Waals surface area contributed by atoms with Gasteiger partial charge in [0.15, 0.2) is 53.0 Å². The summed E-state index contributed by atoms with van der Waals surface area (Å²) in [6.07, 6.45) is -33.1. The monoisotopic (exact) mass is 1420 g/mol. The average molecular weight is 1420 g/mol. The quantitative estimate of drug-likeness (QED) is 0.0149. The zero-order valence-corrected chi connectivity index (χ0v) is 52.1. The number of esters is 3. The lowest BCUT2D eigenvalue weighted by Gasteiger charge is -2.46. The molecule has 0 aliphatic carbocycles. The third-order valence-corrected chi connectivity index (χ3v) is 16.4. The molecule has 0 saturated carbocycles. The van der Waals surface area contributed by atoms with Crippen molar-refractivity contribution >= 4 is 42.2 Å². The normalized spacial score (nSPS) is 31.2. The summed E-state index contributed by atoms with van der Waals surface area (Å²) in [5.74, 6) is -8.62. The van der Waals surface area contributed by atoms with Gasteiger partial charge in [0.05, 0.1) is 12.2 Å². The third kappa shape index (κ3) is 17.4. The molecule has 4 fully saturated rings. The summed E-state index contributed by atoms with van der Waals surface area (Å²) in [4.78, 5) is 38.8. The van der Waals surface area contributed by atoms with Crippen LogP contribution in [0.3, 0.4) is 0 Å². The van der Waals surface area contributed by atoms with E-state index < -0.39 is 219 Å². The molecule has 0 bridgehead atoms. The highest BCUT2D eigenvalue weighted by Crippen LogP contribution is 2.47. The van der Waals surface area contributed by atoms with Gasteiger partial charge in [0.2, 0.25) is 18.9 Å². The Hall–Kier alpha value is -9.61. The van der Waals surface area contributed by atoms with Crippen molar-refractivity contribution in [3.8, 4) is 63.2 Å². The summed E-state index contributed by atoms with van der Waals surface area (Å²) in [5.41, 5.74) is 0.369. The van der Waals surface area contributed by atoms with Gasteiger partial charge in [-0.25, -0.2) is 14.4 Å². The highest BCUT2D eigenvalue weighted by Gasteiger charge is 2.53. The molecule has 35 heteroatoms. The number of aromatic hydroxyl groups is 8. The fraction of sp³-hybridized carbons (Fsp3) is 0.379. The second-order valence-electron chi connectivity index (χ2n) is 23.5. The van der Waals surface area contributed by atoms with E-state index in [4.69, 9.17) is 56.8 Å². The van der Waals surface area contributed by atoms with Crippen LogP contribution in [0.5, 0.6) is 63.2 Å². The molecule has 20 N–H and O–H groups in total. The zero-order valence-electron chi connectivity index (χ0n) is 52.1. The van der Waals surface area contributed by atoms with Crippen molar-refractivity contribution in [2.45, 2.75) is 129 Å². The van der Waals surface area contributed by atoms with E-state index in [0.29, 0.717) is 0 Å². The fourth-order valence-electron chi connectivity index (χ4n) is 10.9. The van der Waals surface area contributed by atoms with Crippen LogP contribution in [0.2, 0.25) is 0 Å². The summed E-state index contributed by atoms with van der Waals surface area (Å²) in [7, 11) is 0. The first-order valence-corrected chi connectivity index (χ1v) is 30.6. The van der Waals surface area contributed by atoms with Crippen molar-refractivity contribution in [1.29, 1.82) is 0 Å². The van der Waals surface area contributed by atoms with Crippen molar-refractivity contribution in [1.82, 2.24) is 0 Å². The smallest absolute Gasteiger partial charge is 0.330 e. The standard InChI is InChI=1S/C66H70O35/c67-22-43-50(79)54(83)58(87)64(97-43)95-41-20-32(70)19-40-33(41)21-42(61(93-40)29-6-8-35(72)37(74)17-29)96-66-62(101-65-60(89)56(85)52(81)45(99-65)24-90-47(76)10-3-26-1-7-34(71)36(73)15-26)57(86)53(82)46(100-66)25-92-48(77)11-4-27-2-9-39(38(75)16-27)94-63-59(88)55(84)51(80)44(98-63)23-91-49(78)12-5-28-13-30(68)18-31(69)14-28/h1-21,43-46,50-75,79-89H,22-25H2/b10-3-,11-4-,12-5-/t43-,44-,45-,46-,50+,51+,52+,53+,54-,55-,56-,57-,58+,59+,60+,61?,62+,63+,64-,65-,66-/m0/s1. The molecule has 101 heavy (non-hydrogen) atoms. The van der Waals surface area contributed by atoms with E-state index in [1.807, 2.05) is 0 Å². The van der Waals surface area contributed by atoms with Gasteiger partial charge < -0.3 is 159 Å². The van der Waals surface area contributed by atoms with Gasteiger partial charge in [-0.1, -0.05) is 18.2 Å². The van der Waals surface area contributed by atoms with Crippen molar-refractivity contribution < 1.29 is 173 Å². The minimum atomic E-state index is -2.27. The summed E-state index contributed by atoms with van der Waals surface area (Å²) in [5, 5.41) is 213. The lowest BCUT2D eigenvalue weighted by molar-refractivity contribution is -0.364. The van der Waals surface area contributed by atoms with Gasteiger partial charge in [-0.3, -0.25) is 0 Å². The first kappa shape index (κ1) is 74.1. The van der Waals surface area contributed by atoms with E-state index in [9.17, 15) is 117 Å². The van der Waals surface area contributed by atoms with Crippen LogP contribution in [0.25, 0.3) is 24.3 Å². The van der Waals surface area contributed by atoms with Gasteiger partial charge in [0.1, 0.15) is 146 Å². The highest BCUT2D eigenvalue weighted by molar-refractivity contribution is 5.88. The summed E-state index contributed by atoms with van der Waals surface area (Å²) < 4.78 is 69.3. The molecular weight excluding hydrogens is 1350 g/mol. The van der Waals surface area contributed by atoms with Gasteiger partial charge in [-0.05, 0) is 89.5 Å². The Morgan fingerprint density at radius 1 is 0.396 bits per heavy atom. The van der Waals surface area contributed by atoms with Crippen LogP contribution in [0.1, 0.15) is 33.9 Å². The van der Waals surface area contributed by atoms with Crippen LogP contribution >= 0.6 is 0 Å². The maximum atomic E-state index is 13.4. The topological polar surface area (TPSA) is 567 Å². The highest BCUT2D eigenvalue weighted by atomic mass is 16.8. The van der Waals surface area contributed by atoms with Gasteiger partial charge in [-0.15, -0.1) is 0 Å². The number of aliphatic hydroxyl groups excluding tert-OH is 12. The molecule has 4 saturated heterocycles. The SMILES string of the molecule is O=C(/C=C\c1cc(O)cc(O)c1)OC[C@@H]1O[C@@H](Oc2ccc(/C=C\C(=O)OC[C@@H]3O[C@H](OC4=Cc5c(cc(O)cc5O[C@H]5O[C@@H](CO)[C@@H](O)[C@H](O)[C@H]5O)OC4c4ccc(O)c(O)c4)[C@H](O[C@@H]4O[C@@H](COC(=O)/C=C\c5ccc(O)c(O)c5)[C@@H](O)[C@H](O)[C@H]4O)[C@@H](O)[C@@H]3O)cc2O)[C@H](O)[C@@H](O)[C@@H]1O. The van der Waals surface area contributed by atoms with E-state index in [1.54, 1.807) is 0 Å². The number of ether oxygens (including phenoxy) is 12. The molecular formula is C66H70O35. The Kier molecular flexibility index (Phi) is 23.4. The number of benzene rings is 5. The number of phenolic OH excluding ortho intramolecular Hbond substituents is 8. The molecule has 5 aromatic carbocycles. The molecule has 35 nitrogen and oxygen atoms in total. The predicted molar refractivity (Wildman–Crippen MR) is 332 cm³/mol. The van der Waals surface area contributed by atoms with Gasteiger partial charge >= 0.3 is 17.9 Å². The fourth-order valence-corrected chi connectivity index (χ4v) is 10.9. The predicted octanol–water partition coefficient (Wildman–Crippen LogP) is -2.40. The largest absolute Gasteiger partial charge is 0.508 e. The van der Waals surface area contributed by atoms with Crippen LogP contribution < -0.4 is 14.2 Å². The lowest BCUT2D eigenvalue weighted by atomic mass is 9.97. The Morgan fingerprint density at radius 3 is 1.38 bits per heavy atom. The van der Waals surface area contributed by atoms with Crippen LogP contribution in [0.15, 0.2) is 109 Å². The number of hydrogen-bond acceptors (Lipinski definition) is 35. The molecule has 5 aliphatic rings. The Balaban J connectivity index is 0.876. The van der Waals surface area contributed by atoms with Crippen LogP contribution in [-0.4, -0.2) is 269 Å². The lowest BCUT2D eigenvalue weighted by Crippen LogP contribution is -2.64. The van der Waals surface area contributed by atoms with E-state index in [-0.39, 0.29) is 50.8 Å². The third-order valence-electron chi connectivity index (χ3n) is 16.4. The van der Waals surface area contributed by atoms with E-state index in [2.05, 4.69) is 0 Å². The molecule has 0 radical (unpaired) electrons. The summed E-state index contributed by atoms with van der Waals surface area (Å²) in [6.45, 7) is -3.34. The minimum Gasteiger partial charge on any atom is -0.508 e. The molecule has 5 aromatic rings. The van der Waals surface area contributed by atoms with Crippen LogP contribution in [0, 0.1) is 0 Å². The van der Waals surface area contributed by atoms with Crippen molar-refractivity contribution in [2.75, 3.05) is 26.4 Å². The van der Waals surface area contributed by atoms with Gasteiger partial charge in [0.25, 0.3) is 0 Å². The molecule has 5 heterocycles. The number of fused-ring (bicyclic) bond motifs is 1. The number of hydrogen-bond donors (Lipinski definition) is 20. The van der Waals surface area contributed by atoms with E-state index in [1.165, 1.54) is 42.5 Å². The van der Waals surface area contributed by atoms with Crippen molar-refractivity contribution in [3.63, 3.8) is 0 Å². The molecule has 5 aliphatic heterocycles. The molecule has 1 unspecified atom stereocenters. The molecule has 0 aromatic heterocycles. The molecule has 10 rings (SSSR count). The number of phenols is 8. The number of carbonyl (C=O) groups is 3. The zero-order chi connectivity index (χ0) is 72.8. The van der Waals surface area contributed by atoms with E-state index in [0.717, 1.165) is 85.0 Å². The second-order valence-corrected chi connectivity index (χ2v) is 23.5. The average Bonchev–Trinajstić information content (AvgIpc) is 0.766. The van der Waals surface area contributed by atoms with Crippen molar-refractivity contribution in [3.05, 3.63) is 137 Å². The molecule has 0 spiro atoms. The number of aliphatic hydroxyl groups is 12. The summed E-state index contributed by atoms with van der Waals surface area (Å²) >= 11 is 0. The number of rotatable bonds is 22. The minimum absolute atomic E-state index is 0.0271. The Bertz CT molecular complexity index is 3870. The van der Waals surface area contributed by atoms with Crippen LogP contribution in [-0.2, 0) is 57.0 Å². The first-order valence-electron chi connectivity index (χ1n) is 30.6. The number of carbonyl (C=O) groups excluding carboxylic acids is 3. The molecule has 0 amide bonds. The Labute approximate surface area is 569 Å². The van der Waals surface area contributed by atoms with Crippen molar-refractivity contribution in [2.24, 2.45) is 0 Å². The van der Waals surface area contributed by atoms with E-state index >= 15 is 0 Å². The first-order chi connectivity index (χ1) is 48.0. The molecule has 21 atom stereocenters.